The van der Waals surface area contributed by atoms with Gasteiger partial charge in [0.2, 0.25) is 0 Å². The summed E-state index contributed by atoms with van der Waals surface area (Å²) in [7, 11) is 0. The molecule has 0 amide bonds. The van der Waals surface area contributed by atoms with E-state index < -0.39 is 5.97 Å². The summed E-state index contributed by atoms with van der Waals surface area (Å²) in [5.74, 6) is -0.819. The molecule has 0 radical (unpaired) electrons. The number of aromatic hydroxyl groups is 1. The molecule has 0 atom stereocenters. The number of carbonyl (C=O) groups excluding carboxylic acids is 1. The lowest BCUT2D eigenvalue weighted by Crippen LogP contribution is -2.04. The van der Waals surface area contributed by atoms with Crippen LogP contribution in [0.15, 0.2) is 63.8 Å². The van der Waals surface area contributed by atoms with Crippen LogP contribution in [0.4, 0.5) is 0 Å². The van der Waals surface area contributed by atoms with E-state index in [0.717, 1.165) is 0 Å². The van der Waals surface area contributed by atoms with Crippen LogP contribution in [0.25, 0.3) is 33.4 Å². The van der Waals surface area contributed by atoms with E-state index in [0.29, 0.717) is 16.5 Å². The van der Waals surface area contributed by atoms with Gasteiger partial charge in [-0.25, -0.2) is 4.79 Å². The molecule has 0 fully saturated rings. The second kappa shape index (κ2) is 6.55. The van der Waals surface area contributed by atoms with Crippen molar-refractivity contribution in [2.45, 2.75) is 0 Å². The molecule has 1 heterocycles. The first kappa shape index (κ1) is 17.3. The summed E-state index contributed by atoms with van der Waals surface area (Å²) in [6.45, 7) is 0.248. The number of benzene rings is 3. The van der Waals surface area contributed by atoms with Gasteiger partial charge >= 0.3 is 5.97 Å². The largest absolute Gasteiger partial charge is 0.508 e. The van der Waals surface area contributed by atoms with Crippen LogP contribution in [0, 0.1) is 0 Å². The van der Waals surface area contributed by atoms with Crippen molar-refractivity contribution in [2.75, 3.05) is 0 Å². The van der Waals surface area contributed by atoms with Gasteiger partial charge in [-0.3, -0.25) is 9.59 Å². The SMILES string of the molecule is O=COc1ccc(C(=O)O)c(-c2c3ccc(=O)cc-3oc3cc(O)ccc23)c1. The van der Waals surface area contributed by atoms with E-state index in [1.54, 1.807) is 12.1 Å². The Bertz CT molecular complexity index is 1270. The molecule has 2 N–H and O–H groups in total. The Morgan fingerprint density at radius 1 is 1.00 bits per heavy atom. The van der Waals surface area contributed by atoms with Crippen LogP contribution in [0.5, 0.6) is 11.5 Å². The molecule has 28 heavy (non-hydrogen) atoms. The zero-order chi connectivity index (χ0) is 19.8. The second-order valence-electron chi connectivity index (χ2n) is 6.04. The topological polar surface area (TPSA) is 114 Å². The van der Waals surface area contributed by atoms with E-state index >= 15 is 0 Å². The fourth-order valence-electron chi connectivity index (χ4n) is 3.19. The fourth-order valence-corrected chi connectivity index (χ4v) is 3.19. The van der Waals surface area contributed by atoms with Crippen molar-refractivity contribution in [2.24, 2.45) is 0 Å². The Morgan fingerprint density at radius 3 is 2.57 bits per heavy atom. The van der Waals surface area contributed by atoms with Crippen molar-refractivity contribution < 1.29 is 29.0 Å². The molecule has 0 spiro atoms. The molecular formula is C21H12O7. The molecule has 4 rings (SSSR count). The van der Waals surface area contributed by atoms with E-state index in [2.05, 4.69) is 0 Å². The first-order valence-electron chi connectivity index (χ1n) is 8.15. The third-order valence-electron chi connectivity index (χ3n) is 4.35. The predicted molar refractivity (Wildman–Crippen MR) is 99.9 cm³/mol. The van der Waals surface area contributed by atoms with Crippen molar-refractivity contribution in [1.29, 1.82) is 0 Å². The Labute approximate surface area is 157 Å². The summed E-state index contributed by atoms with van der Waals surface area (Å²) >= 11 is 0. The van der Waals surface area contributed by atoms with Gasteiger partial charge in [-0.05, 0) is 42.5 Å². The summed E-state index contributed by atoms with van der Waals surface area (Å²) in [6, 6.07) is 12.7. The van der Waals surface area contributed by atoms with Gasteiger partial charge in [0, 0.05) is 34.2 Å². The summed E-state index contributed by atoms with van der Waals surface area (Å²) < 4.78 is 10.6. The molecule has 2 aromatic carbocycles. The van der Waals surface area contributed by atoms with E-state index in [4.69, 9.17) is 9.15 Å². The molecule has 0 bridgehead atoms. The number of carboxylic acids is 1. The number of carbonyl (C=O) groups is 2. The number of hydrogen-bond acceptors (Lipinski definition) is 6. The van der Waals surface area contributed by atoms with Crippen LogP contribution >= 0.6 is 0 Å². The lowest BCUT2D eigenvalue weighted by atomic mass is 9.90. The maximum atomic E-state index is 11.8. The molecule has 2 aromatic rings. The Balaban J connectivity index is 2.18. The maximum Gasteiger partial charge on any atom is 0.336 e. The molecule has 138 valence electrons. The quantitative estimate of drug-likeness (QED) is 0.414. The molecule has 1 aliphatic carbocycles. The van der Waals surface area contributed by atoms with Gasteiger partial charge in [-0.15, -0.1) is 0 Å². The van der Waals surface area contributed by atoms with Gasteiger partial charge in [-0.1, -0.05) is 0 Å². The molecule has 7 nitrogen and oxygen atoms in total. The average Bonchev–Trinajstić information content (AvgIpc) is 2.66. The molecular weight excluding hydrogens is 364 g/mol. The lowest BCUT2D eigenvalue weighted by molar-refractivity contribution is -0.120. The van der Waals surface area contributed by atoms with Crippen LogP contribution in [-0.4, -0.2) is 22.7 Å². The third-order valence-corrected chi connectivity index (χ3v) is 4.35. The zero-order valence-electron chi connectivity index (χ0n) is 14.2. The van der Waals surface area contributed by atoms with E-state index in [1.807, 2.05) is 0 Å². The number of phenolic OH excluding ortho intramolecular Hbond substituents is 1. The Hall–Kier alpha value is -4.13. The number of rotatable bonds is 4. The molecule has 0 unspecified atom stereocenters. The van der Waals surface area contributed by atoms with E-state index in [1.165, 1.54) is 42.5 Å². The minimum absolute atomic E-state index is 0.0219. The highest BCUT2D eigenvalue weighted by molar-refractivity contribution is 6.07. The monoisotopic (exact) mass is 376 g/mol. The molecule has 1 aliphatic heterocycles. The summed E-state index contributed by atoms with van der Waals surface area (Å²) in [5.41, 5.74) is 1.23. The zero-order valence-corrected chi connectivity index (χ0v) is 14.2. The highest BCUT2D eigenvalue weighted by Gasteiger charge is 2.22. The number of fused-ring (bicyclic) bond motifs is 2. The van der Waals surface area contributed by atoms with Gasteiger partial charge in [0.15, 0.2) is 5.43 Å². The Kier molecular flexibility index (Phi) is 4.04. The maximum absolute atomic E-state index is 11.8. The van der Waals surface area contributed by atoms with Gasteiger partial charge < -0.3 is 19.4 Å². The second-order valence-corrected chi connectivity index (χ2v) is 6.04. The van der Waals surface area contributed by atoms with Gasteiger partial charge in [-0.2, -0.15) is 0 Å². The van der Waals surface area contributed by atoms with Crippen LogP contribution in [0.3, 0.4) is 0 Å². The smallest absolute Gasteiger partial charge is 0.336 e. The van der Waals surface area contributed by atoms with Crippen molar-refractivity contribution in [3.63, 3.8) is 0 Å². The van der Waals surface area contributed by atoms with Gasteiger partial charge in [0.1, 0.15) is 22.8 Å². The molecule has 0 saturated carbocycles. The first-order valence-corrected chi connectivity index (χ1v) is 8.15. The lowest BCUT2D eigenvalue weighted by Gasteiger charge is -2.17. The highest BCUT2D eigenvalue weighted by Crippen LogP contribution is 2.42. The number of aromatic carboxylic acids is 1. The van der Waals surface area contributed by atoms with Crippen molar-refractivity contribution >= 4 is 23.4 Å². The van der Waals surface area contributed by atoms with Crippen LogP contribution in [0.2, 0.25) is 0 Å². The highest BCUT2D eigenvalue weighted by atomic mass is 16.5. The Morgan fingerprint density at radius 2 is 1.82 bits per heavy atom. The van der Waals surface area contributed by atoms with E-state index in [9.17, 15) is 24.6 Å². The van der Waals surface area contributed by atoms with Crippen LogP contribution < -0.4 is 10.2 Å². The molecule has 7 heteroatoms. The fraction of sp³-hybridized carbons (Fsp3) is 0. The van der Waals surface area contributed by atoms with Gasteiger partial charge in [0.25, 0.3) is 6.47 Å². The first-order chi connectivity index (χ1) is 13.5. The standard InChI is InChI=1S/C21H12O7/c22-10-27-13-3-6-14(21(25)26)17(9-13)20-15-4-1-11(23)7-18(15)28-19-8-12(24)2-5-16(19)20/h1-10,23H,(H,25,26). The number of ether oxygens (including phenoxy) is 1. The summed E-state index contributed by atoms with van der Waals surface area (Å²) in [5, 5.41) is 20.0. The molecule has 2 aliphatic rings. The summed E-state index contributed by atoms with van der Waals surface area (Å²) in [6.07, 6.45) is 0. The minimum Gasteiger partial charge on any atom is -0.508 e. The van der Waals surface area contributed by atoms with Gasteiger partial charge in [0.05, 0.1) is 5.56 Å². The number of carboxylic acid groups (broad SMARTS) is 1. The molecule has 0 saturated heterocycles. The molecule has 0 aromatic heterocycles. The van der Waals surface area contributed by atoms with Crippen LogP contribution in [-0.2, 0) is 4.79 Å². The minimum atomic E-state index is -1.17. The normalized spacial score (nSPS) is 10.9. The number of phenols is 1. The predicted octanol–water partition coefficient (Wildman–Crippen LogP) is 3.50. The number of hydrogen-bond donors (Lipinski definition) is 2. The van der Waals surface area contributed by atoms with E-state index in [-0.39, 0.29) is 45.9 Å². The van der Waals surface area contributed by atoms with Crippen molar-refractivity contribution in [3.8, 4) is 33.9 Å². The van der Waals surface area contributed by atoms with Crippen molar-refractivity contribution in [1.82, 2.24) is 0 Å². The summed E-state index contributed by atoms with van der Waals surface area (Å²) in [4.78, 5) is 34.3. The van der Waals surface area contributed by atoms with Crippen LogP contribution in [0.1, 0.15) is 10.4 Å². The van der Waals surface area contributed by atoms with Crippen molar-refractivity contribution in [3.05, 3.63) is 70.4 Å². The third kappa shape index (κ3) is 2.84. The average molecular weight is 376 g/mol.